The molecular formula is C19H27N5O. The highest BCUT2D eigenvalue weighted by Crippen LogP contribution is 2.21. The van der Waals surface area contributed by atoms with Crippen molar-refractivity contribution in [1.29, 1.82) is 0 Å². The van der Waals surface area contributed by atoms with Gasteiger partial charge in [0.05, 0.1) is 18.4 Å². The summed E-state index contributed by atoms with van der Waals surface area (Å²) in [6, 6.07) is 10.1. The van der Waals surface area contributed by atoms with E-state index in [1.54, 1.807) is 11.1 Å². The lowest BCUT2D eigenvalue weighted by Gasteiger charge is -2.24. The van der Waals surface area contributed by atoms with Crippen LogP contribution in [0.15, 0.2) is 36.5 Å². The van der Waals surface area contributed by atoms with Crippen molar-refractivity contribution in [3.63, 3.8) is 0 Å². The van der Waals surface area contributed by atoms with Gasteiger partial charge in [0, 0.05) is 25.2 Å². The van der Waals surface area contributed by atoms with Crippen molar-refractivity contribution in [2.24, 2.45) is 0 Å². The summed E-state index contributed by atoms with van der Waals surface area (Å²) in [6.07, 6.45) is 4.33. The van der Waals surface area contributed by atoms with E-state index in [0.717, 1.165) is 36.5 Å². The van der Waals surface area contributed by atoms with E-state index in [4.69, 9.17) is 0 Å². The van der Waals surface area contributed by atoms with Crippen LogP contribution in [0.5, 0.6) is 0 Å². The van der Waals surface area contributed by atoms with Gasteiger partial charge in [-0.15, -0.1) is 0 Å². The lowest BCUT2D eigenvalue weighted by atomic mass is 10.1. The second kappa shape index (κ2) is 8.16. The summed E-state index contributed by atoms with van der Waals surface area (Å²) < 4.78 is 0. The Balaban J connectivity index is 1.56. The van der Waals surface area contributed by atoms with E-state index in [9.17, 15) is 4.79 Å². The van der Waals surface area contributed by atoms with Crippen molar-refractivity contribution in [3.8, 4) is 11.3 Å². The van der Waals surface area contributed by atoms with E-state index >= 15 is 0 Å². The summed E-state index contributed by atoms with van der Waals surface area (Å²) in [7, 11) is 1.82. The number of amides is 2. The van der Waals surface area contributed by atoms with Crippen LogP contribution in [0.2, 0.25) is 0 Å². The molecule has 1 unspecified atom stereocenters. The minimum absolute atomic E-state index is 0.0492. The predicted octanol–water partition coefficient (Wildman–Crippen LogP) is 2.70. The van der Waals surface area contributed by atoms with Gasteiger partial charge in [-0.05, 0) is 38.4 Å². The summed E-state index contributed by atoms with van der Waals surface area (Å²) in [4.78, 5) is 16.6. The molecule has 0 saturated carbocycles. The molecule has 6 heteroatoms. The van der Waals surface area contributed by atoms with E-state index in [1.165, 1.54) is 12.8 Å². The van der Waals surface area contributed by atoms with Gasteiger partial charge in [0.2, 0.25) is 0 Å². The van der Waals surface area contributed by atoms with Gasteiger partial charge in [-0.2, -0.15) is 5.10 Å². The first-order chi connectivity index (χ1) is 12.1. The molecule has 3 rings (SSSR count). The zero-order chi connectivity index (χ0) is 17.6. The number of rotatable bonds is 6. The number of hydrogen-bond donors (Lipinski definition) is 2. The molecule has 2 amide bonds. The molecule has 6 nitrogen and oxygen atoms in total. The zero-order valence-electron chi connectivity index (χ0n) is 15.0. The van der Waals surface area contributed by atoms with Gasteiger partial charge in [-0.1, -0.05) is 30.3 Å². The molecule has 1 aliphatic rings. The number of aromatic nitrogens is 2. The maximum Gasteiger partial charge on any atom is 0.317 e. The fourth-order valence-electron chi connectivity index (χ4n) is 3.33. The molecule has 1 atom stereocenters. The quantitative estimate of drug-likeness (QED) is 0.849. The number of urea groups is 1. The molecule has 1 aliphatic heterocycles. The lowest BCUT2D eigenvalue weighted by Crippen LogP contribution is -2.46. The molecule has 0 aliphatic carbocycles. The first-order valence-electron chi connectivity index (χ1n) is 8.95. The predicted molar refractivity (Wildman–Crippen MR) is 99.2 cm³/mol. The molecule has 1 saturated heterocycles. The van der Waals surface area contributed by atoms with Crippen LogP contribution < -0.4 is 5.32 Å². The monoisotopic (exact) mass is 341 g/mol. The molecule has 25 heavy (non-hydrogen) atoms. The van der Waals surface area contributed by atoms with Crippen molar-refractivity contribution in [2.75, 3.05) is 26.7 Å². The Morgan fingerprint density at radius 2 is 2.04 bits per heavy atom. The second-order valence-electron chi connectivity index (χ2n) is 6.85. The van der Waals surface area contributed by atoms with Crippen molar-refractivity contribution in [1.82, 2.24) is 25.3 Å². The van der Waals surface area contributed by atoms with Crippen LogP contribution in [0, 0.1) is 0 Å². The van der Waals surface area contributed by atoms with E-state index < -0.39 is 0 Å². The second-order valence-corrected chi connectivity index (χ2v) is 6.85. The maximum absolute atomic E-state index is 12.5. The molecule has 1 aromatic carbocycles. The number of aromatic amines is 1. The molecule has 0 bridgehead atoms. The Morgan fingerprint density at radius 3 is 2.76 bits per heavy atom. The SMILES string of the molecule is CC(CN1CCCC1)NC(=O)N(C)Cc1cn[nH]c1-c1ccccc1. The van der Waals surface area contributed by atoms with E-state index in [1.807, 2.05) is 37.4 Å². The lowest BCUT2D eigenvalue weighted by molar-refractivity contribution is 0.198. The number of hydrogen-bond acceptors (Lipinski definition) is 3. The highest BCUT2D eigenvalue weighted by Gasteiger charge is 2.18. The Bertz CT molecular complexity index is 678. The van der Waals surface area contributed by atoms with Crippen LogP contribution in [-0.2, 0) is 6.54 Å². The number of nitrogens with zero attached hydrogens (tertiary/aromatic N) is 3. The number of H-pyrrole nitrogens is 1. The van der Waals surface area contributed by atoms with Crippen molar-refractivity contribution >= 4 is 6.03 Å². The smallest absolute Gasteiger partial charge is 0.317 e. The number of carbonyl (C=O) groups excluding carboxylic acids is 1. The van der Waals surface area contributed by atoms with Gasteiger partial charge in [0.1, 0.15) is 0 Å². The summed E-state index contributed by atoms with van der Waals surface area (Å²) in [5.74, 6) is 0. The van der Waals surface area contributed by atoms with Gasteiger partial charge in [0.25, 0.3) is 0 Å². The van der Waals surface area contributed by atoms with Crippen LogP contribution in [-0.4, -0.2) is 58.8 Å². The topological polar surface area (TPSA) is 64.3 Å². The van der Waals surface area contributed by atoms with Crippen molar-refractivity contribution in [3.05, 3.63) is 42.1 Å². The highest BCUT2D eigenvalue weighted by molar-refractivity contribution is 5.74. The largest absolute Gasteiger partial charge is 0.334 e. The van der Waals surface area contributed by atoms with Crippen LogP contribution in [0.25, 0.3) is 11.3 Å². The van der Waals surface area contributed by atoms with Crippen LogP contribution in [0.4, 0.5) is 4.79 Å². The Labute approximate surface area is 149 Å². The minimum atomic E-state index is -0.0492. The summed E-state index contributed by atoms with van der Waals surface area (Å²) >= 11 is 0. The fraction of sp³-hybridized carbons (Fsp3) is 0.474. The Morgan fingerprint density at radius 1 is 1.32 bits per heavy atom. The van der Waals surface area contributed by atoms with Crippen LogP contribution >= 0.6 is 0 Å². The van der Waals surface area contributed by atoms with E-state index in [0.29, 0.717) is 6.54 Å². The average Bonchev–Trinajstić information content (AvgIpc) is 3.27. The van der Waals surface area contributed by atoms with Crippen LogP contribution in [0.3, 0.4) is 0 Å². The van der Waals surface area contributed by atoms with E-state index in [-0.39, 0.29) is 12.1 Å². The standard InChI is InChI=1S/C19H27N5O/c1-15(13-24-10-6-7-11-24)21-19(25)23(2)14-17-12-20-22-18(17)16-8-4-3-5-9-16/h3-5,8-9,12,15H,6-7,10-11,13-14H2,1-2H3,(H,20,22)(H,21,25). The van der Waals surface area contributed by atoms with Gasteiger partial charge in [0.15, 0.2) is 0 Å². The molecule has 2 aromatic rings. The Hall–Kier alpha value is -2.34. The third-order valence-electron chi connectivity index (χ3n) is 4.64. The third kappa shape index (κ3) is 4.60. The summed E-state index contributed by atoms with van der Waals surface area (Å²) in [5, 5.41) is 10.3. The van der Waals surface area contributed by atoms with Gasteiger partial charge in [-0.3, -0.25) is 5.10 Å². The molecular weight excluding hydrogens is 314 g/mol. The molecule has 1 aromatic heterocycles. The van der Waals surface area contributed by atoms with Gasteiger partial charge in [-0.25, -0.2) is 4.79 Å². The summed E-state index contributed by atoms with van der Waals surface area (Å²) in [6.45, 7) is 5.79. The third-order valence-corrected chi connectivity index (χ3v) is 4.64. The Kier molecular flexibility index (Phi) is 5.71. The zero-order valence-corrected chi connectivity index (χ0v) is 15.0. The molecule has 134 valence electrons. The molecule has 0 radical (unpaired) electrons. The first kappa shape index (κ1) is 17.5. The van der Waals surface area contributed by atoms with E-state index in [2.05, 4.69) is 27.3 Å². The maximum atomic E-state index is 12.5. The van der Waals surface area contributed by atoms with Gasteiger partial charge < -0.3 is 15.1 Å². The first-order valence-corrected chi connectivity index (χ1v) is 8.95. The number of carbonyl (C=O) groups is 1. The van der Waals surface area contributed by atoms with Crippen molar-refractivity contribution < 1.29 is 4.79 Å². The number of likely N-dealkylation sites (tertiary alicyclic amines) is 1. The molecule has 2 heterocycles. The fourth-order valence-corrected chi connectivity index (χ4v) is 3.33. The average molecular weight is 341 g/mol. The molecule has 1 fully saturated rings. The number of nitrogens with one attached hydrogen (secondary N) is 2. The summed E-state index contributed by atoms with van der Waals surface area (Å²) in [5.41, 5.74) is 3.05. The molecule has 2 N–H and O–H groups in total. The number of benzene rings is 1. The highest BCUT2D eigenvalue weighted by atomic mass is 16.2. The van der Waals surface area contributed by atoms with Crippen LogP contribution in [0.1, 0.15) is 25.3 Å². The normalized spacial score (nSPS) is 15.9. The molecule has 0 spiro atoms. The van der Waals surface area contributed by atoms with Crippen molar-refractivity contribution in [2.45, 2.75) is 32.4 Å². The minimum Gasteiger partial charge on any atom is -0.334 e. The van der Waals surface area contributed by atoms with Gasteiger partial charge >= 0.3 is 6.03 Å².